The van der Waals surface area contributed by atoms with E-state index in [-0.39, 0.29) is 5.75 Å². The fourth-order valence-electron chi connectivity index (χ4n) is 1.70. The summed E-state index contributed by atoms with van der Waals surface area (Å²) in [6, 6.07) is 12.1. The Bertz CT molecular complexity index is 705. The quantitative estimate of drug-likeness (QED) is 0.329. The molecule has 2 aromatic carbocycles. The number of hydrogen-bond acceptors (Lipinski definition) is 4. The van der Waals surface area contributed by atoms with Gasteiger partial charge in [0.2, 0.25) is 0 Å². The fourth-order valence-corrected chi connectivity index (χ4v) is 3.59. The van der Waals surface area contributed by atoms with Crippen molar-refractivity contribution in [3.8, 4) is 5.75 Å². The van der Waals surface area contributed by atoms with E-state index in [0.717, 1.165) is 3.57 Å². The molecule has 114 valence electrons. The number of rotatable bonds is 4. The maximum absolute atomic E-state index is 11.8. The number of benzene rings is 2. The second-order valence-corrected chi connectivity index (χ2v) is 6.78. The number of phenolic OH excluding ortho intramolecular Hbond substituents is 1. The van der Waals surface area contributed by atoms with Crippen LogP contribution in [-0.2, 0) is 4.79 Å². The molecule has 0 heterocycles. The Morgan fingerprint density at radius 3 is 2.59 bits per heavy atom. The van der Waals surface area contributed by atoms with Crippen LogP contribution in [0, 0.1) is 7.14 Å². The standard InChI is InChI=1S/C15H12I2N2O3/c16-11-6-10(13(20)12(17)7-11)8-18-19-15(22)14(21)9-4-2-1-3-5-9/h1-8,14,20-21H,(H,19,22)/b18-8-/t14-/m0/s1. The zero-order chi connectivity index (χ0) is 16.1. The summed E-state index contributed by atoms with van der Waals surface area (Å²) in [7, 11) is 0. The van der Waals surface area contributed by atoms with Crippen LogP contribution in [0.4, 0.5) is 0 Å². The average Bonchev–Trinajstić information content (AvgIpc) is 2.51. The highest BCUT2D eigenvalue weighted by atomic mass is 127. The minimum atomic E-state index is -1.29. The number of aliphatic hydroxyl groups is 1. The van der Waals surface area contributed by atoms with Crippen LogP contribution in [0.2, 0.25) is 0 Å². The average molecular weight is 522 g/mol. The molecule has 0 aliphatic heterocycles. The van der Waals surface area contributed by atoms with Crippen LogP contribution in [0.1, 0.15) is 17.2 Å². The number of aliphatic hydroxyl groups excluding tert-OH is 1. The molecule has 22 heavy (non-hydrogen) atoms. The molecular weight excluding hydrogens is 510 g/mol. The van der Waals surface area contributed by atoms with Crippen molar-refractivity contribution >= 4 is 57.3 Å². The molecular formula is C15H12I2N2O3. The van der Waals surface area contributed by atoms with Gasteiger partial charge in [0.1, 0.15) is 5.75 Å². The summed E-state index contributed by atoms with van der Waals surface area (Å²) >= 11 is 4.14. The van der Waals surface area contributed by atoms with Gasteiger partial charge in [0.25, 0.3) is 5.91 Å². The van der Waals surface area contributed by atoms with E-state index in [1.807, 2.05) is 28.7 Å². The van der Waals surface area contributed by atoms with Gasteiger partial charge in [0.05, 0.1) is 9.78 Å². The first-order valence-corrected chi connectivity index (χ1v) is 8.38. The molecule has 0 aliphatic rings. The smallest absolute Gasteiger partial charge is 0.273 e. The molecule has 1 amide bonds. The summed E-state index contributed by atoms with van der Waals surface area (Å²) in [4.78, 5) is 11.8. The van der Waals surface area contributed by atoms with E-state index < -0.39 is 12.0 Å². The monoisotopic (exact) mass is 522 g/mol. The number of carbonyl (C=O) groups excluding carboxylic acids is 1. The zero-order valence-electron chi connectivity index (χ0n) is 11.2. The second kappa shape index (κ2) is 7.88. The highest BCUT2D eigenvalue weighted by Gasteiger charge is 2.16. The lowest BCUT2D eigenvalue weighted by atomic mass is 10.1. The first-order valence-electron chi connectivity index (χ1n) is 6.23. The Balaban J connectivity index is 2.05. The van der Waals surface area contributed by atoms with Gasteiger partial charge in [-0.1, -0.05) is 30.3 Å². The second-order valence-electron chi connectivity index (χ2n) is 4.37. The van der Waals surface area contributed by atoms with Gasteiger partial charge < -0.3 is 10.2 Å². The number of nitrogens with one attached hydrogen (secondary N) is 1. The van der Waals surface area contributed by atoms with Crippen molar-refractivity contribution in [3.63, 3.8) is 0 Å². The molecule has 2 rings (SSSR count). The van der Waals surface area contributed by atoms with E-state index in [2.05, 4.69) is 33.1 Å². The summed E-state index contributed by atoms with van der Waals surface area (Å²) in [6.45, 7) is 0. The van der Waals surface area contributed by atoms with Gasteiger partial charge >= 0.3 is 0 Å². The summed E-state index contributed by atoms with van der Waals surface area (Å²) in [5.74, 6) is -0.537. The van der Waals surface area contributed by atoms with Crippen LogP contribution >= 0.6 is 45.2 Å². The molecule has 0 spiro atoms. The number of carbonyl (C=O) groups is 1. The Morgan fingerprint density at radius 2 is 1.91 bits per heavy atom. The van der Waals surface area contributed by atoms with Gasteiger partial charge in [-0.25, -0.2) is 5.43 Å². The van der Waals surface area contributed by atoms with Crippen molar-refractivity contribution in [2.24, 2.45) is 5.10 Å². The Hall–Kier alpha value is -1.20. The molecule has 7 heteroatoms. The van der Waals surface area contributed by atoms with Crippen molar-refractivity contribution in [2.45, 2.75) is 6.10 Å². The minimum absolute atomic E-state index is 0.0997. The van der Waals surface area contributed by atoms with E-state index in [1.165, 1.54) is 6.21 Å². The van der Waals surface area contributed by atoms with Crippen LogP contribution < -0.4 is 5.43 Å². The number of phenols is 1. The van der Waals surface area contributed by atoms with Gasteiger partial charge in [0.15, 0.2) is 6.10 Å². The van der Waals surface area contributed by atoms with Gasteiger partial charge in [-0.15, -0.1) is 0 Å². The van der Waals surface area contributed by atoms with Crippen molar-refractivity contribution < 1.29 is 15.0 Å². The van der Waals surface area contributed by atoms with Crippen molar-refractivity contribution in [2.75, 3.05) is 0 Å². The van der Waals surface area contributed by atoms with E-state index >= 15 is 0 Å². The number of aromatic hydroxyl groups is 1. The summed E-state index contributed by atoms with van der Waals surface area (Å²) in [6.07, 6.45) is 0.0536. The number of halogens is 2. The number of hydrogen-bond donors (Lipinski definition) is 3. The summed E-state index contributed by atoms with van der Waals surface area (Å²) < 4.78 is 1.64. The first-order chi connectivity index (χ1) is 10.5. The summed E-state index contributed by atoms with van der Waals surface area (Å²) in [5.41, 5.74) is 3.24. The Kier molecular flexibility index (Phi) is 6.15. The molecule has 0 aliphatic carbocycles. The molecule has 2 aromatic rings. The third kappa shape index (κ3) is 4.40. The molecule has 5 nitrogen and oxygen atoms in total. The van der Waals surface area contributed by atoms with Crippen LogP contribution in [0.25, 0.3) is 0 Å². The molecule has 0 saturated carbocycles. The van der Waals surface area contributed by atoms with Gasteiger partial charge in [-0.05, 0) is 62.9 Å². The first kappa shape index (κ1) is 17.2. The SMILES string of the molecule is O=C(N/N=C\c1cc(I)cc(I)c1O)[C@@H](O)c1ccccc1. The van der Waals surface area contributed by atoms with Gasteiger partial charge in [-0.2, -0.15) is 5.10 Å². The van der Waals surface area contributed by atoms with Crippen molar-refractivity contribution in [1.29, 1.82) is 0 Å². The molecule has 0 saturated heterocycles. The fraction of sp³-hybridized carbons (Fsp3) is 0.0667. The van der Waals surface area contributed by atoms with E-state index in [4.69, 9.17) is 0 Å². The molecule has 0 radical (unpaired) electrons. The van der Waals surface area contributed by atoms with Crippen LogP contribution in [0.5, 0.6) is 5.75 Å². The number of nitrogens with zero attached hydrogens (tertiary/aromatic N) is 1. The highest BCUT2D eigenvalue weighted by molar-refractivity contribution is 14.1. The van der Waals surface area contributed by atoms with Gasteiger partial charge in [0, 0.05) is 9.13 Å². The van der Waals surface area contributed by atoms with Crippen molar-refractivity contribution in [3.05, 3.63) is 60.7 Å². The predicted molar refractivity (Wildman–Crippen MR) is 101 cm³/mol. The maximum atomic E-state index is 11.8. The Labute approximate surface area is 154 Å². The predicted octanol–water partition coefficient (Wildman–Crippen LogP) is 2.79. The van der Waals surface area contributed by atoms with Crippen LogP contribution in [-0.4, -0.2) is 22.3 Å². The Morgan fingerprint density at radius 1 is 1.23 bits per heavy atom. The zero-order valence-corrected chi connectivity index (χ0v) is 15.5. The lowest BCUT2D eigenvalue weighted by Crippen LogP contribution is -2.25. The molecule has 0 bridgehead atoms. The lowest BCUT2D eigenvalue weighted by molar-refractivity contribution is -0.129. The normalized spacial score (nSPS) is 12.3. The molecule has 0 fully saturated rings. The number of amides is 1. The molecule has 0 unspecified atom stereocenters. The minimum Gasteiger partial charge on any atom is -0.506 e. The lowest BCUT2D eigenvalue weighted by Gasteiger charge is -2.08. The topological polar surface area (TPSA) is 81.9 Å². The highest BCUT2D eigenvalue weighted by Crippen LogP contribution is 2.25. The summed E-state index contributed by atoms with van der Waals surface area (Å²) in [5, 5.41) is 23.6. The molecule has 3 N–H and O–H groups in total. The van der Waals surface area contributed by atoms with E-state index in [9.17, 15) is 15.0 Å². The van der Waals surface area contributed by atoms with E-state index in [1.54, 1.807) is 36.4 Å². The third-order valence-electron chi connectivity index (χ3n) is 2.80. The van der Waals surface area contributed by atoms with E-state index in [0.29, 0.717) is 14.7 Å². The van der Waals surface area contributed by atoms with Crippen LogP contribution in [0.3, 0.4) is 0 Å². The maximum Gasteiger partial charge on any atom is 0.273 e. The number of hydrazone groups is 1. The molecule has 0 aromatic heterocycles. The van der Waals surface area contributed by atoms with Crippen LogP contribution in [0.15, 0.2) is 47.6 Å². The van der Waals surface area contributed by atoms with Crippen molar-refractivity contribution in [1.82, 2.24) is 5.43 Å². The third-order valence-corrected chi connectivity index (χ3v) is 4.24. The van der Waals surface area contributed by atoms with Gasteiger partial charge in [-0.3, -0.25) is 4.79 Å². The largest absolute Gasteiger partial charge is 0.506 e. The molecule has 1 atom stereocenters.